The molecular weight excluding hydrogens is 333 g/mol. The van der Waals surface area contributed by atoms with Crippen LogP contribution in [0.2, 0.25) is 0 Å². The number of diazo groups is 1. The van der Waals surface area contributed by atoms with Crippen molar-refractivity contribution >= 4 is 18.6 Å². The SMILES string of the molecule is F[B-](F)(F)F.N#[N+]c1ccc(OCc2ccccc2)c([N+](=O)[O-])c1. The van der Waals surface area contributed by atoms with E-state index in [9.17, 15) is 27.4 Å². The number of rotatable bonds is 4. The molecule has 0 aliphatic heterocycles. The molecule has 2 rings (SSSR count). The molecule has 0 atom stereocenters. The van der Waals surface area contributed by atoms with Crippen LogP contribution in [0, 0.1) is 15.5 Å². The van der Waals surface area contributed by atoms with Gasteiger partial charge < -0.3 is 22.0 Å². The van der Waals surface area contributed by atoms with Crippen LogP contribution in [0.1, 0.15) is 5.56 Å². The van der Waals surface area contributed by atoms with Gasteiger partial charge in [-0.2, -0.15) is 0 Å². The Hall–Kier alpha value is -3.16. The second kappa shape index (κ2) is 8.47. The molecule has 0 N–H and O–H groups in total. The molecule has 0 aliphatic rings. The summed E-state index contributed by atoms with van der Waals surface area (Å²) in [4.78, 5) is 13.2. The molecule has 2 aromatic rings. The number of hydrogen-bond acceptors (Lipinski definition) is 4. The van der Waals surface area contributed by atoms with E-state index in [2.05, 4.69) is 4.98 Å². The van der Waals surface area contributed by atoms with E-state index >= 15 is 0 Å². The van der Waals surface area contributed by atoms with Crippen molar-refractivity contribution in [3.63, 3.8) is 0 Å². The van der Waals surface area contributed by atoms with Gasteiger partial charge in [0, 0.05) is 6.07 Å². The van der Waals surface area contributed by atoms with Gasteiger partial charge in [-0.3, -0.25) is 10.1 Å². The van der Waals surface area contributed by atoms with Crippen LogP contribution in [0.25, 0.3) is 4.98 Å². The van der Waals surface area contributed by atoms with E-state index in [1.54, 1.807) is 0 Å². The van der Waals surface area contributed by atoms with E-state index in [1.165, 1.54) is 12.1 Å². The molecule has 0 unspecified atom stereocenters. The zero-order valence-electron chi connectivity index (χ0n) is 12.0. The second-order valence-electron chi connectivity index (χ2n) is 4.28. The molecule has 0 aliphatic carbocycles. The van der Waals surface area contributed by atoms with Gasteiger partial charge in [0.1, 0.15) is 12.7 Å². The standard InChI is InChI=1S/C13H10N3O3.BF4/c14-15-11-6-7-13(12(8-11)16(17)18)19-9-10-4-2-1-3-5-10;2-1(3,4)5/h1-8H,9H2;/q+1;-1. The Balaban J connectivity index is 0.000000505. The number of halogens is 4. The number of hydrogen-bond donors (Lipinski definition) is 0. The monoisotopic (exact) mass is 343 g/mol. The average molecular weight is 343 g/mol. The Morgan fingerprint density at radius 3 is 2.21 bits per heavy atom. The summed E-state index contributed by atoms with van der Waals surface area (Å²) in [6.07, 6.45) is 0. The van der Waals surface area contributed by atoms with Crippen molar-refractivity contribution in [2.75, 3.05) is 0 Å². The van der Waals surface area contributed by atoms with Gasteiger partial charge in [0.15, 0.2) is 10.7 Å². The second-order valence-corrected chi connectivity index (χ2v) is 4.28. The minimum absolute atomic E-state index is 0.110. The highest BCUT2D eigenvalue weighted by Gasteiger charge is 2.21. The minimum Gasteiger partial charge on any atom is -0.482 e. The molecule has 24 heavy (non-hydrogen) atoms. The molecule has 0 heterocycles. The average Bonchev–Trinajstić information content (AvgIpc) is 2.52. The lowest BCUT2D eigenvalue weighted by molar-refractivity contribution is -0.385. The Labute approximate surface area is 133 Å². The molecule has 0 bridgehead atoms. The van der Waals surface area contributed by atoms with Crippen molar-refractivity contribution in [3.05, 3.63) is 69.2 Å². The van der Waals surface area contributed by atoms with Gasteiger partial charge >= 0.3 is 18.6 Å². The molecule has 0 aromatic heterocycles. The van der Waals surface area contributed by atoms with Gasteiger partial charge in [0.25, 0.3) is 0 Å². The van der Waals surface area contributed by atoms with Gasteiger partial charge in [-0.25, -0.2) is 0 Å². The van der Waals surface area contributed by atoms with Gasteiger partial charge in [0.2, 0.25) is 5.39 Å². The number of nitro groups is 1. The number of nitrogens with zero attached hydrogens (tertiary/aromatic N) is 3. The van der Waals surface area contributed by atoms with Crippen molar-refractivity contribution in [1.82, 2.24) is 0 Å². The number of ether oxygens (including phenoxy) is 1. The summed E-state index contributed by atoms with van der Waals surface area (Å²) in [5, 5.41) is 19.5. The van der Waals surface area contributed by atoms with Crippen LogP contribution in [-0.4, -0.2) is 12.2 Å². The Morgan fingerprint density at radius 2 is 1.71 bits per heavy atom. The fourth-order valence-corrected chi connectivity index (χ4v) is 1.57. The smallest absolute Gasteiger partial charge is 0.482 e. The topological polar surface area (TPSA) is 80.5 Å². The summed E-state index contributed by atoms with van der Waals surface area (Å²) >= 11 is 0. The van der Waals surface area contributed by atoms with Crippen LogP contribution in [0.5, 0.6) is 5.75 Å². The third-order valence-corrected chi connectivity index (χ3v) is 2.49. The molecule has 0 spiro atoms. The zero-order chi connectivity index (χ0) is 18.2. The van der Waals surface area contributed by atoms with E-state index in [0.717, 1.165) is 11.6 Å². The molecule has 0 fully saturated rings. The summed E-state index contributed by atoms with van der Waals surface area (Å²) in [6.45, 7) is 0.233. The lowest BCUT2D eigenvalue weighted by atomic mass is 10.2. The number of nitro benzene ring substituents is 1. The van der Waals surface area contributed by atoms with Crippen LogP contribution >= 0.6 is 0 Å². The van der Waals surface area contributed by atoms with Gasteiger partial charge in [0.05, 0.1) is 4.92 Å². The first-order chi connectivity index (χ1) is 11.2. The summed E-state index contributed by atoms with van der Waals surface area (Å²) in [7, 11) is -6.00. The molecule has 0 saturated heterocycles. The Bertz CT molecular complexity index is 729. The highest BCUT2D eigenvalue weighted by Crippen LogP contribution is 2.31. The van der Waals surface area contributed by atoms with Gasteiger partial charge in [-0.05, 0) is 11.6 Å². The molecule has 2 aromatic carbocycles. The molecular formula is C13H10BF4N3O3. The predicted molar refractivity (Wildman–Crippen MR) is 78.8 cm³/mol. The molecule has 11 heteroatoms. The highest BCUT2D eigenvalue weighted by molar-refractivity contribution is 6.50. The van der Waals surface area contributed by atoms with Crippen LogP contribution in [0.15, 0.2) is 48.5 Å². The maximum Gasteiger partial charge on any atom is 0.673 e. The van der Waals surface area contributed by atoms with Crippen LogP contribution < -0.4 is 4.74 Å². The summed E-state index contributed by atoms with van der Waals surface area (Å²) in [6, 6.07) is 13.3. The van der Waals surface area contributed by atoms with E-state index in [4.69, 9.17) is 10.1 Å². The lowest BCUT2D eigenvalue weighted by Crippen LogP contribution is -2.02. The fraction of sp³-hybridized carbons (Fsp3) is 0.0769. The molecule has 0 amide bonds. The summed E-state index contributed by atoms with van der Waals surface area (Å²) < 4.78 is 44.4. The molecule has 0 radical (unpaired) electrons. The lowest BCUT2D eigenvalue weighted by Gasteiger charge is -2.05. The quantitative estimate of drug-likeness (QED) is 0.258. The van der Waals surface area contributed by atoms with Crippen LogP contribution in [0.4, 0.5) is 28.6 Å². The van der Waals surface area contributed by atoms with Gasteiger partial charge in [-0.15, -0.1) is 0 Å². The normalized spacial score (nSPS) is 10.1. The first kappa shape index (κ1) is 18.9. The molecule has 126 valence electrons. The van der Waals surface area contributed by atoms with Crippen LogP contribution in [-0.2, 0) is 6.61 Å². The first-order valence-electron chi connectivity index (χ1n) is 6.38. The number of benzene rings is 2. The van der Waals surface area contributed by atoms with E-state index in [-0.39, 0.29) is 23.7 Å². The van der Waals surface area contributed by atoms with Crippen molar-refractivity contribution in [1.29, 1.82) is 5.39 Å². The molecule has 0 saturated carbocycles. The van der Waals surface area contributed by atoms with Crippen molar-refractivity contribution in [3.8, 4) is 5.75 Å². The predicted octanol–water partition coefficient (Wildman–Crippen LogP) is 4.96. The van der Waals surface area contributed by atoms with Gasteiger partial charge in [-0.1, -0.05) is 30.3 Å². The van der Waals surface area contributed by atoms with Crippen LogP contribution in [0.3, 0.4) is 0 Å². The van der Waals surface area contributed by atoms with Crippen molar-refractivity contribution in [2.45, 2.75) is 6.61 Å². The summed E-state index contributed by atoms with van der Waals surface area (Å²) in [5.74, 6) is 0.140. The summed E-state index contributed by atoms with van der Waals surface area (Å²) in [5.41, 5.74) is 0.790. The minimum atomic E-state index is -6.00. The van der Waals surface area contributed by atoms with E-state index in [1.807, 2.05) is 30.3 Å². The van der Waals surface area contributed by atoms with E-state index in [0.29, 0.717) is 0 Å². The van der Waals surface area contributed by atoms with Crippen molar-refractivity contribution < 1.29 is 26.9 Å². The Kier molecular flexibility index (Phi) is 6.67. The third-order valence-electron chi connectivity index (χ3n) is 2.49. The fourth-order valence-electron chi connectivity index (χ4n) is 1.57. The maximum atomic E-state index is 10.9. The van der Waals surface area contributed by atoms with Crippen molar-refractivity contribution in [2.24, 2.45) is 0 Å². The zero-order valence-corrected chi connectivity index (χ0v) is 12.0. The Morgan fingerprint density at radius 1 is 1.12 bits per heavy atom. The maximum absolute atomic E-state index is 10.9. The largest absolute Gasteiger partial charge is 0.673 e. The highest BCUT2D eigenvalue weighted by atomic mass is 19.5. The van der Waals surface area contributed by atoms with E-state index < -0.39 is 12.2 Å². The third kappa shape index (κ3) is 7.21. The molecule has 6 nitrogen and oxygen atoms in total. The first-order valence-corrected chi connectivity index (χ1v) is 6.38.